The lowest BCUT2D eigenvalue weighted by Crippen LogP contribution is -1.93. The van der Waals surface area contributed by atoms with Gasteiger partial charge in [0.15, 0.2) is 5.76 Å². The number of nitrogens with two attached hydrogens (primary N) is 1. The molecule has 1 aromatic heterocycles. The Kier molecular flexibility index (Phi) is 2.78. The fourth-order valence-corrected chi connectivity index (χ4v) is 0.847. The van der Waals surface area contributed by atoms with Gasteiger partial charge in [-0.05, 0) is 18.6 Å². The number of halogens is 1. The first kappa shape index (κ1) is 9.43. The molecule has 0 unspecified atom stereocenters. The van der Waals surface area contributed by atoms with Gasteiger partial charge in [0.25, 0.3) is 0 Å². The molecule has 0 amide bonds. The summed E-state index contributed by atoms with van der Waals surface area (Å²) in [6.45, 7) is 3.21. The molecule has 3 nitrogen and oxygen atoms in total. The third kappa shape index (κ3) is 2.69. The molecule has 0 aromatic carbocycles. The third-order valence-corrected chi connectivity index (χ3v) is 1.43. The monoisotopic (exact) mass is 194 g/mol. The van der Waals surface area contributed by atoms with Crippen LogP contribution in [0.25, 0.3) is 0 Å². The molecule has 0 fully saturated rings. The highest BCUT2D eigenvalue weighted by atomic mass is 35.5. The van der Waals surface area contributed by atoms with Crippen LogP contribution in [0.1, 0.15) is 5.56 Å². The number of pyridine rings is 1. The molecule has 0 atom stereocenters. The highest BCUT2D eigenvalue weighted by Crippen LogP contribution is 2.13. The van der Waals surface area contributed by atoms with Crippen LogP contribution in [0.4, 0.5) is 5.82 Å². The number of aliphatic hydroxyl groups excluding tert-OH is 1. The molecule has 0 bridgehead atoms. The topological polar surface area (TPSA) is 59.1 Å². The minimum absolute atomic E-state index is 0.223. The normalized spacial score (nSPS) is 8.69. The van der Waals surface area contributed by atoms with E-state index in [0.717, 1.165) is 0 Å². The van der Waals surface area contributed by atoms with E-state index in [1.165, 1.54) is 6.20 Å². The highest BCUT2D eigenvalue weighted by Gasteiger charge is 1.97. The number of hydrogen-bond donors (Lipinski definition) is 2. The summed E-state index contributed by atoms with van der Waals surface area (Å²) in [5.74, 6) is 5.00. The molecule has 13 heavy (non-hydrogen) atoms. The molecule has 0 aliphatic rings. The lowest BCUT2D eigenvalue weighted by Gasteiger charge is -1.96. The molecule has 0 spiro atoms. The number of anilines is 1. The fraction of sp³-hybridized carbons (Fsp3) is 0. The first-order chi connectivity index (χ1) is 6.09. The number of hydrogen-bond acceptors (Lipinski definition) is 3. The van der Waals surface area contributed by atoms with E-state index in [1.807, 2.05) is 0 Å². The van der Waals surface area contributed by atoms with Crippen molar-refractivity contribution in [2.45, 2.75) is 0 Å². The SMILES string of the molecule is C=C(O)C#Cc1cc(Cl)cnc1N. The van der Waals surface area contributed by atoms with Crippen LogP contribution in [-0.2, 0) is 0 Å². The second-order valence-electron chi connectivity index (χ2n) is 2.28. The van der Waals surface area contributed by atoms with E-state index in [4.69, 9.17) is 22.4 Å². The second-order valence-corrected chi connectivity index (χ2v) is 2.72. The molecule has 1 aromatic rings. The van der Waals surface area contributed by atoms with Crippen molar-refractivity contribution >= 4 is 17.4 Å². The molecule has 3 N–H and O–H groups in total. The van der Waals surface area contributed by atoms with E-state index in [1.54, 1.807) is 6.07 Å². The Bertz CT molecular complexity index is 404. The number of allylic oxidation sites excluding steroid dienone is 1. The van der Waals surface area contributed by atoms with Crippen LogP contribution in [0.2, 0.25) is 5.02 Å². The maximum atomic E-state index is 8.71. The van der Waals surface area contributed by atoms with Crippen molar-refractivity contribution in [3.8, 4) is 11.8 Å². The molecule has 0 saturated heterocycles. The van der Waals surface area contributed by atoms with E-state index >= 15 is 0 Å². The molecule has 1 rings (SSSR count). The van der Waals surface area contributed by atoms with Crippen molar-refractivity contribution in [3.05, 3.63) is 35.2 Å². The molecule has 0 aliphatic carbocycles. The van der Waals surface area contributed by atoms with Crippen molar-refractivity contribution in [2.24, 2.45) is 0 Å². The van der Waals surface area contributed by atoms with E-state index in [-0.39, 0.29) is 11.6 Å². The van der Waals surface area contributed by atoms with Crippen LogP contribution < -0.4 is 5.73 Å². The van der Waals surface area contributed by atoms with Gasteiger partial charge in [-0.2, -0.15) is 0 Å². The summed E-state index contributed by atoms with van der Waals surface area (Å²) >= 11 is 5.66. The fourth-order valence-electron chi connectivity index (χ4n) is 0.689. The first-order valence-corrected chi connectivity index (χ1v) is 3.78. The predicted molar refractivity (Wildman–Crippen MR) is 52.3 cm³/mol. The van der Waals surface area contributed by atoms with Crippen LogP contribution in [0.5, 0.6) is 0 Å². The Hall–Kier alpha value is -1.66. The van der Waals surface area contributed by atoms with Gasteiger partial charge in [-0.15, -0.1) is 0 Å². The van der Waals surface area contributed by atoms with Crippen LogP contribution >= 0.6 is 11.6 Å². The summed E-state index contributed by atoms with van der Waals surface area (Å²) in [4.78, 5) is 3.79. The average molecular weight is 195 g/mol. The maximum absolute atomic E-state index is 8.71. The molecule has 66 valence electrons. The minimum Gasteiger partial charge on any atom is -0.501 e. The minimum atomic E-state index is -0.223. The average Bonchev–Trinajstić information content (AvgIpc) is 2.06. The van der Waals surface area contributed by atoms with E-state index in [0.29, 0.717) is 10.6 Å². The number of nitrogen functional groups attached to an aromatic ring is 1. The largest absolute Gasteiger partial charge is 0.501 e. The van der Waals surface area contributed by atoms with E-state index < -0.39 is 0 Å². The molecule has 4 heteroatoms. The van der Waals surface area contributed by atoms with Gasteiger partial charge < -0.3 is 10.8 Å². The Morgan fingerprint density at radius 2 is 2.38 bits per heavy atom. The summed E-state index contributed by atoms with van der Waals surface area (Å²) in [6.07, 6.45) is 1.43. The standard InChI is InChI=1S/C9H7ClN2O/c1-6(13)2-3-7-4-8(10)5-12-9(7)11/h4-5,13H,1H2,(H2,11,12). The predicted octanol–water partition coefficient (Wildman–Crippen LogP) is 1.74. The number of nitrogens with zero attached hydrogens (tertiary/aromatic N) is 1. The molecule has 0 radical (unpaired) electrons. The molecule has 0 aliphatic heterocycles. The van der Waals surface area contributed by atoms with Crippen LogP contribution in [0, 0.1) is 11.8 Å². The van der Waals surface area contributed by atoms with Gasteiger partial charge in [0.05, 0.1) is 10.6 Å². The lowest BCUT2D eigenvalue weighted by molar-refractivity contribution is 0.441. The van der Waals surface area contributed by atoms with Crippen LogP contribution in [0.15, 0.2) is 24.6 Å². The van der Waals surface area contributed by atoms with Gasteiger partial charge in [-0.1, -0.05) is 17.5 Å². The van der Waals surface area contributed by atoms with Gasteiger partial charge in [-0.25, -0.2) is 4.98 Å². The van der Waals surface area contributed by atoms with Crippen molar-refractivity contribution in [2.75, 3.05) is 5.73 Å². The Morgan fingerprint density at radius 3 is 3.00 bits per heavy atom. The van der Waals surface area contributed by atoms with Gasteiger partial charge >= 0.3 is 0 Å². The quantitative estimate of drug-likeness (QED) is 0.489. The third-order valence-electron chi connectivity index (χ3n) is 1.23. The molecular weight excluding hydrogens is 188 g/mol. The van der Waals surface area contributed by atoms with Gasteiger partial charge in [-0.3, -0.25) is 0 Å². The molecule has 1 heterocycles. The Morgan fingerprint density at radius 1 is 1.69 bits per heavy atom. The second kappa shape index (κ2) is 3.83. The Balaban J connectivity index is 3.09. The van der Waals surface area contributed by atoms with Crippen molar-refractivity contribution < 1.29 is 5.11 Å². The van der Waals surface area contributed by atoms with Crippen molar-refractivity contribution in [1.29, 1.82) is 0 Å². The van der Waals surface area contributed by atoms with Crippen molar-refractivity contribution in [3.63, 3.8) is 0 Å². The Labute approximate surface area is 80.9 Å². The number of aliphatic hydroxyl groups is 1. The zero-order valence-corrected chi connectivity index (χ0v) is 7.47. The maximum Gasteiger partial charge on any atom is 0.160 e. The zero-order chi connectivity index (χ0) is 9.84. The summed E-state index contributed by atoms with van der Waals surface area (Å²) in [5, 5.41) is 9.16. The van der Waals surface area contributed by atoms with Crippen LogP contribution in [-0.4, -0.2) is 10.1 Å². The number of aromatic nitrogens is 1. The summed E-state index contributed by atoms with van der Waals surface area (Å²) in [6, 6.07) is 1.57. The van der Waals surface area contributed by atoms with E-state index in [2.05, 4.69) is 23.4 Å². The van der Waals surface area contributed by atoms with Gasteiger partial charge in [0, 0.05) is 6.20 Å². The summed E-state index contributed by atoms with van der Waals surface area (Å²) in [7, 11) is 0. The van der Waals surface area contributed by atoms with Gasteiger partial charge in [0.2, 0.25) is 0 Å². The summed E-state index contributed by atoms with van der Waals surface area (Å²) < 4.78 is 0. The van der Waals surface area contributed by atoms with Crippen LogP contribution in [0.3, 0.4) is 0 Å². The first-order valence-electron chi connectivity index (χ1n) is 3.40. The summed E-state index contributed by atoms with van der Waals surface area (Å²) in [5.41, 5.74) is 5.97. The highest BCUT2D eigenvalue weighted by molar-refractivity contribution is 6.30. The van der Waals surface area contributed by atoms with E-state index in [9.17, 15) is 0 Å². The molecule has 0 saturated carbocycles. The van der Waals surface area contributed by atoms with Gasteiger partial charge in [0.1, 0.15) is 5.82 Å². The lowest BCUT2D eigenvalue weighted by atomic mass is 10.2. The van der Waals surface area contributed by atoms with Crippen molar-refractivity contribution in [1.82, 2.24) is 4.98 Å². The smallest absolute Gasteiger partial charge is 0.160 e. The molecular formula is C9H7ClN2O. The zero-order valence-electron chi connectivity index (χ0n) is 6.71. The number of rotatable bonds is 0.